The molecule has 0 N–H and O–H groups in total. The highest BCUT2D eigenvalue weighted by atomic mass is 14.4. The van der Waals surface area contributed by atoms with E-state index in [4.69, 9.17) is 0 Å². The number of allylic oxidation sites excluding steroid dienone is 4. The lowest BCUT2D eigenvalue weighted by Gasteiger charge is -2.43. The first kappa shape index (κ1) is 31.5. The second-order valence-corrected chi connectivity index (χ2v) is 17.2. The molecule has 6 rings (SSSR count). The highest BCUT2D eigenvalue weighted by Gasteiger charge is 2.36. The summed E-state index contributed by atoms with van der Waals surface area (Å²) in [6.07, 6.45) is 45.1. The lowest BCUT2D eigenvalue weighted by atomic mass is 9.63. The number of hydrogen-bond acceptors (Lipinski definition) is 0. The van der Waals surface area contributed by atoms with Crippen LogP contribution in [0.5, 0.6) is 0 Å². The Kier molecular flexibility index (Phi) is 11.7. The Balaban J connectivity index is 0.865. The molecule has 0 unspecified atom stereocenters. The van der Waals surface area contributed by atoms with Gasteiger partial charge in [-0.2, -0.15) is 0 Å². The van der Waals surface area contributed by atoms with Gasteiger partial charge in [0.2, 0.25) is 0 Å². The van der Waals surface area contributed by atoms with E-state index in [1.807, 2.05) is 0 Å². The molecule has 0 atom stereocenters. The van der Waals surface area contributed by atoms with E-state index in [1.165, 1.54) is 116 Å². The van der Waals surface area contributed by atoms with Crippen LogP contribution in [0.2, 0.25) is 0 Å². The van der Waals surface area contributed by atoms with Gasteiger partial charge < -0.3 is 0 Å². The zero-order chi connectivity index (χ0) is 28.7. The molecular formula is C42H70. The molecule has 238 valence electrons. The Bertz CT molecular complexity index is 760. The molecule has 6 aliphatic rings. The first-order chi connectivity index (χ1) is 20.6. The van der Waals surface area contributed by atoms with Crippen molar-refractivity contribution >= 4 is 0 Å². The van der Waals surface area contributed by atoms with Crippen molar-refractivity contribution in [3.05, 3.63) is 23.3 Å². The highest BCUT2D eigenvalue weighted by molar-refractivity contribution is 5.08. The van der Waals surface area contributed by atoms with Crippen LogP contribution in [0.4, 0.5) is 0 Å². The van der Waals surface area contributed by atoms with Gasteiger partial charge in [-0.3, -0.25) is 0 Å². The molecule has 6 aliphatic carbocycles. The van der Waals surface area contributed by atoms with Crippen molar-refractivity contribution in [2.75, 3.05) is 0 Å². The van der Waals surface area contributed by atoms with E-state index in [0.29, 0.717) is 0 Å². The fourth-order valence-corrected chi connectivity index (χ4v) is 11.9. The van der Waals surface area contributed by atoms with Crippen molar-refractivity contribution in [1.29, 1.82) is 0 Å². The summed E-state index contributed by atoms with van der Waals surface area (Å²) >= 11 is 0. The summed E-state index contributed by atoms with van der Waals surface area (Å²) in [5.74, 6) is 10.1. The van der Waals surface area contributed by atoms with Gasteiger partial charge in [-0.25, -0.2) is 0 Å². The van der Waals surface area contributed by atoms with Crippen LogP contribution in [0.25, 0.3) is 0 Å². The molecule has 0 aromatic rings. The van der Waals surface area contributed by atoms with E-state index >= 15 is 0 Å². The molecule has 0 heterocycles. The smallest absolute Gasteiger partial charge is 0.0206 e. The standard InChI is InChI=1S/C42H70/c1-31(35-9-5-3-6-10-35)29-33-13-17-37(18-14-33)39-21-25-41(26-22-39)42-27-23-40(24-28-42)38-19-15-34(16-20-38)30-32(2)36-11-7-4-8-12-36/h29-30,33-42H,3-28H2,1-2H3. The van der Waals surface area contributed by atoms with E-state index in [1.54, 1.807) is 62.5 Å². The highest BCUT2D eigenvalue weighted by Crippen LogP contribution is 2.48. The molecule has 0 amide bonds. The second kappa shape index (κ2) is 15.7. The van der Waals surface area contributed by atoms with Crippen molar-refractivity contribution in [2.45, 2.75) is 181 Å². The Morgan fingerprint density at radius 2 is 0.548 bits per heavy atom. The Morgan fingerprint density at radius 1 is 0.310 bits per heavy atom. The Morgan fingerprint density at radius 3 is 0.810 bits per heavy atom. The van der Waals surface area contributed by atoms with Crippen LogP contribution in [0, 0.1) is 59.2 Å². The van der Waals surface area contributed by atoms with Crippen molar-refractivity contribution in [3.63, 3.8) is 0 Å². The van der Waals surface area contributed by atoms with Gasteiger partial charge in [-0.05, 0) is 201 Å². The maximum Gasteiger partial charge on any atom is -0.0206 e. The van der Waals surface area contributed by atoms with E-state index in [9.17, 15) is 0 Å². The summed E-state index contributed by atoms with van der Waals surface area (Å²) in [5.41, 5.74) is 3.52. The molecule has 0 saturated heterocycles. The minimum Gasteiger partial charge on any atom is -0.0822 e. The number of hydrogen-bond donors (Lipinski definition) is 0. The van der Waals surface area contributed by atoms with E-state index in [-0.39, 0.29) is 0 Å². The number of rotatable bonds is 7. The molecule has 0 aliphatic heterocycles. The van der Waals surface area contributed by atoms with Gasteiger partial charge in [0.15, 0.2) is 0 Å². The van der Waals surface area contributed by atoms with Gasteiger partial charge in [-0.15, -0.1) is 0 Å². The molecule has 0 aromatic carbocycles. The van der Waals surface area contributed by atoms with Crippen molar-refractivity contribution < 1.29 is 0 Å². The lowest BCUT2D eigenvalue weighted by molar-refractivity contribution is 0.0897. The average Bonchev–Trinajstić information content (AvgIpc) is 3.06. The molecule has 0 spiro atoms. The van der Waals surface area contributed by atoms with Gasteiger partial charge >= 0.3 is 0 Å². The van der Waals surface area contributed by atoms with Gasteiger partial charge in [0.05, 0.1) is 0 Å². The molecule has 0 nitrogen and oxygen atoms in total. The summed E-state index contributed by atoms with van der Waals surface area (Å²) in [4.78, 5) is 0. The quantitative estimate of drug-likeness (QED) is 0.265. The molecule has 0 aromatic heterocycles. The minimum absolute atomic E-state index is 0.909. The van der Waals surface area contributed by atoms with Crippen LogP contribution in [-0.2, 0) is 0 Å². The zero-order valence-electron chi connectivity index (χ0n) is 28.3. The molecule has 6 saturated carbocycles. The van der Waals surface area contributed by atoms with Crippen molar-refractivity contribution in [3.8, 4) is 0 Å². The molecule has 6 fully saturated rings. The van der Waals surface area contributed by atoms with Gasteiger partial charge in [0.1, 0.15) is 0 Å². The minimum atomic E-state index is 0.909. The first-order valence-electron chi connectivity index (χ1n) is 20.0. The van der Waals surface area contributed by atoms with Gasteiger partial charge in [0.25, 0.3) is 0 Å². The monoisotopic (exact) mass is 575 g/mol. The van der Waals surface area contributed by atoms with Crippen LogP contribution < -0.4 is 0 Å². The summed E-state index contributed by atoms with van der Waals surface area (Å²) in [5, 5.41) is 0. The van der Waals surface area contributed by atoms with Crippen molar-refractivity contribution in [2.24, 2.45) is 59.2 Å². The zero-order valence-corrected chi connectivity index (χ0v) is 28.3. The fourth-order valence-electron chi connectivity index (χ4n) is 11.9. The molecule has 0 radical (unpaired) electrons. The first-order valence-corrected chi connectivity index (χ1v) is 20.0. The topological polar surface area (TPSA) is 0 Å². The lowest BCUT2D eigenvalue weighted by Crippen LogP contribution is -2.31. The summed E-state index contributed by atoms with van der Waals surface area (Å²) in [7, 11) is 0. The van der Waals surface area contributed by atoms with Crippen molar-refractivity contribution in [1.82, 2.24) is 0 Å². The summed E-state index contributed by atoms with van der Waals surface area (Å²) < 4.78 is 0. The molecule has 0 heteroatoms. The maximum atomic E-state index is 2.75. The third kappa shape index (κ3) is 8.39. The third-order valence-corrected chi connectivity index (χ3v) is 14.8. The van der Waals surface area contributed by atoms with Gasteiger partial charge in [0, 0.05) is 0 Å². The molecule has 42 heavy (non-hydrogen) atoms. The van der Waals surface area contributed by atoms with Crippen LogP contribution in [-0.4, -0.2) is 0 Å². The predicted octanol–water partition coefficient (Wildman–Crippen LogP) is 13.3. The predicted molar refractivity (Wildman–Crippen MR) is 182 cm³/mol. The van der Waals surface area contributed by atoms with E-state index < -0.39 is 0 Å². The van der Waals surface area contributed by atoms with Crippen LogP contribution in [0.15, 0.2) is 23.3 Å². The average molecular weight is 575 g/mol. The summed E-state index contributed by atoms with van der Waals surface area (Å²) in [6, 6.07) is 0. The van der Waals surface area contributed by atoms with E-state index in [2.05, 4.69) is 26.0 Å². The Labute approximate surface area is 262 Å². The Hall–Kier alpha value is -0.520. The van der Waals surface area contributed by atoms with Crippen LogP contribution in [0.1, 0.15) is 181 Å². The van der Waals surface area contributed by atoms with Crippen LogP contribution in [0.3, 0.4) is 0 Å². The summed E-state index contributed by atoms with van der Waals surface area (Å²) in [6.45, 7) is 4.94. The fraction of sp³-hybridized carbons (Fsp3) is 0.905. The molecular weight excluding hydrogens is 504 g/mol. The SMILES string of the molecule is CC(=CC1CCC(C2CCC(C3CCC(C4CCC(C=C(C)C5CCCCC5)CC4)CC3)CC2)CC1)C1CCCCC1. The normalized spacial score (nSPS) is 40.6. The third-order valence-electron chi connectivity index (χ3n) is 14.8. The molecule has 0 bridgehead atoms. The largest absolute Gasteiger partial charge is 0.0822 e. The van der Waals surface area contributed by atoms with Gasteiger partial charge in [-0.1, -0.05) is 61.8 Å². The maximum absolute atomic E-state index is 2.75. The van der Waals surface area contributed by atoms with Crippen LogP contribution >= 0.6 is 0 Å². The van der Waals surface area contributed by atoms with E-state index in [0.717, 1.165) is 59.2 Å². The second-order valence-electron chi connectivity index (χ2n) is 17.2.